The van der Waals surface area contributed by atoms with Gasteiger partial charge < -0.3 is 10.7 Å². The van der Waals surface area contributed by atoms with Crippen molar-refractivity contribution in [3.05, 3.63) is 47.3 Å². The largest absolute Gasteiger partial charge is 0.338 e. The van der Waals surface area contributed by atoms with Crippen molar-refractivity contribution in [1.82, 2.24) is 4.98 Å². The number of hydrogen-bond acceptors (Lipinski definition) is 5. The molecule has 0 atom stereocenters. The zero-order valence-corrected chi connectivity index (χ0v) is 11.0. The predicted octanol–water partition coefficient (Wildman–Crippen LogP) is 3.60. The molecule has 2 aromatic heterocycles. The van der Waals surface area contributed by atoms with Crippen molar-refractivity contribution in [2.24, 2.45) is 5.84 Å². The van der Waals surface area contributed by atoms with E-state index in [1.807, 2.05) is 23.6 Å². The number of aromatic nitrogens is 1. The van der Waals surface area contributed by atoms with Crippen LogP contribution >= 0.6 is 11.3 Å². The van der Waals surface area contributed by atoms with Crippen molar-refractivity contribution in [2.45, 2.75) is 0 Å². The lowest BCUT2D eigenvalue weighted by atomic mass is 10.2. The van der Waals surface area contributed by atoms with E-state index in [0.29, 0.717) is 5.69 Å². The van der Waals surface area contributed by atoms with Gasteiger partial charge in [-0.1, -0.05) is 0 Å². The fourth-order valence-electron chi connectivity index (χ4n) is 1.84. The van der Waals surface area contributed by atoms with Crippen molar-refractivity contribution in [3.63, 3.8) is 0 Å². The molecule has 0 saturated heterocycles. The number of nitrogens with two attached hydrogens (primary N) is 1. The molecule has 0 radical (unpaired) electrons. The van der Waals surface area contributed by atoms with Crippen molar-refractivity contribution in [1.29, 1.82) is 0 Å². The number of nitrogens with zero attached hydrogens (tertiary/aromatic N) is 1. The molecule has 0 fully saturated rings. The van der Waals surface area contributed by atoms with Gasteiger partial charge in [0.1, 0.15) is 0 Å². The number of fused-ring (bicyclic) bond motifs is 1. The second-order valence-corrected chi connectivity index (χ2v) is 5.04. The molecule has 0 aliphatic rings. The summed E-state index contributed by atoms with van der Waals surface area (Å²) >= 11 is 1.62. The Balaban J connectivity index is 1.97. The Bertz CT molecular complexity index is 772. The first-order chi connectivity index (χ1) is 9.67. The molecular formula is C13H10F2N4S. The number of thiophene rings is 1. The predicted molar refractivity (Wildman–Crippen MR) is 77.1 cm³/mol. The normalized spacial score (nSPS) is 10.8. The highest BCUT2D eigenvalue weighted by Gasteiger charge is 2.11. The SMILES string of the molecule is NNc1nc(Nc2ccc3sccc3c2)c(F)cc1F. The lowest BCUT2D eigenvalue weighted by molar-refractivity contribution is 0.579. The number of benzene rings is 1. The van der Waals surface area contributed by atoms with Crippen LogP contribution in [-0.2, 0) is 0 Å². The third kappa shape index (κ3) is 2.28. The second-order valence-electron chi connectivity index (χ2n) is 4.09. The molecule has 102 valence electrons. The van der Waals surface area contributed by atoms with E-state index in [9.17, 15) is 8.78 Å². The summed E-state index contributed by atoms with van der Waals surface area (Å²) in [5.41, 5.74) is 2.75. The molecule has 3 aromatic rings. The molecule has 0 amide bonds. The molecule has 4 N–H and O–H groups in total. The number of rotatable bonds is 3. The van der Waals surface area contributed by atoms with Crippen LogP contribution in [0.2, 0.25) is 0 Å². The lowest BCUT2D eigenvalue weighted by Gasteiger charge is -2.09. The quantitative estimate of drug-likeness (QED) is 0.510. The summed E-state index contributed by atoms with van der Waals surface area (Å²) < 4.78 is 28.1. The summed E-state index contributed by atoms with van der Waals surface area (Å²) in [6.45, 7) is 0. The maximum atomic E-state index is 13.7. The Morgan fingerprint density at radius 1 is 1.05 bits per heavy atom. The van der Waals surface area contributed by atoms with Gasteiger partial charge in [-0.05, 0) is 35.0 Å². The molecule has 4 nitrogen and oxygen atoms in total. The average molecular weight is 292 g/mol. The fourth-order valence-corrected chi connectivity index (χ4v) is 2.61. The summed E-state index contributed by atoms with van der Waals surface area (Å²) in [7, 11) is 0. The molecule has 0 bridgehead atoms. The van der Waals surface area contributed by atoms with Gasteiger partial charge in [-0.15, -0.1) is 11.3 Å². The number of nitrogen functional groups attached to an aromatic ring is 1. The number of halogens is 2. The van der Waals surface area contributed by atoms with Gasteiger partial charge in [0.25, 0.3) is 0 Å². The lowest BCUT2D eigenvalue weighted by Crippen LogP contribution is -2.12. The monoisotopic (exact) mass is 292 g/mol. The maximum absolute atomic E-state index is 13.7. The van der Waals surface area contributed by atoms with E-state index in [1.165, 1.54) is 0 Å². The number of hydrazine groups is 1. The average Bonchev–Trinajstić information content (AvgIpc) is 2.89. The minimum atomic E-state index is -0.844. The third-order valence-electron chi connectivity index (χ3n) is 2.78. The molecule has 0 spiro atoms. The molecule has 3 rings (SSSR count). The van der Waals surface area contributed by atoms with Crippen LogP contribution in [0.15, 0.2) is 35.7 Å². The first-order valence-electron chi connectivity index (χ1n) is 5.74. The van der Waals surface area contributed by atoms with Gasteiger partial charge in [-0.25, -0.2) is 19.6 Å². The van der Waals surface area contributed by atoms with Gasteiger partial charge >= 0.3 is 0 Å². The van der Waals surface area contributed by atoms with Crippen LogP contribution in [0.25, 0.3) is 10.1 Å². The van der Waals surface area contributed by atoms with Gasteiger partial charge in [-0.3, -0.25) is 0 Å². The van der Waals surface area contributed by atoms with Crippen LogP contribution in [0, 0.1) is 11.6 Å². The summed E-state index contributed by atoms with van der Waals surface area (Å²) in [5, 5.41) is 5.83. The van der Waals surface area contributed by atoms with Crippen molar-refractivity contribution < 1.29 is 8.78 Å². The second kappa shape index (κ2) is 5.03. The number of pyridine rings is 1. The molecule has 0 aliphatic carbocycles. The van der Waals surface area contributed by atoms with E-state index >= 15 is 0 Å². The van der Waals surface area contributed by atoms with Gasteiger partial charge in [0.05, 0.1) is 0 Å². The summed E-state index contributed by atoms with van der Waals surface area (Å²) in [6, 6.07) is 8.29. The van der Waals surface area contributed by atoms with E-state index in [-0.39, 0.29) is 11.6 Å². The fraction of sp³-hybridized carbons (Fsp3) is 0. The zero-order valence-electron chi connectivity index (χ0n) is 10.2. The van der Waals surface area contributed by atoms with Crippen molar-refractivity contribution >= 4 is 38.7 Å². The Hall–Kier alpha value is -2.25. The van der Waals surface area contributed by atoms with Crippen LogP contribution in [0.4, 0.5) is 26.1 Å². The first-order valence-corrected chi connectivity index (χ1v) is 6.62. The minimum Gasteiger partial charge on any atom is -0.338 e. The van der Waals surface area contributed by atoms with Crippen LogP contribution < -0.4 is 16.6 Å². The van der Waals surface area contributed by atoms with Gasteiger partial charge in [0, 0.05) is 16.5 Å². The zero-order chi connectivity index (χ0) is 14.1. The van der Waals surface area contributed by atoms with Gasteiger partial charge in [0.2, 0.25) is 0 Å². The number of nitrogens with one attached hydrogen (secondary N) is 2. The maximum Gasteiger partial charge on any atom is 0.178 e. The van der Waals surface area contributed by atoms with Gasteiger partial charge in [-0.2, -0.15) is 0 Å². The third-order valence-corrected chi connectivity index (χ3v) is 3.68. The molecule has 0 aliphatic heterocycles. The van der Waals surface area contributed by atoms with Crippen LogP contribution in [0.5, 0.6) is 0 Å². The Morgan fingerprint density at radius 3 is 2.65 bits per heavy atom. The molecule has 7 heteroatoms. The highest BCUT2D eigenvalue weighted by atomic mass is 32.1. The molecule has 0 saturated carbocycles. The molecule has 0 unspecified atom stereocenters. The van der Waals surface area contributed by atoms with E-state index < -0.39 is 11.6 Å². The topological polar surface area (TPSA) is 63.0 Å². The van der Waals surface area contributed by atoms with Crippen LogP contribution in [0.1, 0.15) is 0 Å². The first kappa shape index (κ1) is 12.8. The smallest absolute Gasteiger partial charge is 0.178 e. The molecular weight excluding hydrogens is 282 g/mol. The van der Waals surface area contributed by atoms with E-state index in [0.717, 1.165) is 16.2 Å². The van der Waals surface area contributed by atoms with E-state index in [1.54, 1.807) is 17.4 Å². The highest BCUT2D eigenvalue weighted by Crippen LogP contribution is 2.27. The van der Waals surface area contributed by atoms with Crippen LogP contribution in [-0.4, -0.2) is 4.98 Å². The van der Waals surface area contributed by atoms with E-state index in [2.05, 4.69) is 15.7 Å². The number of hydrogen-bond donors (Lipinski definition) is 3. The minimum absolute atomic E-state index is 0.0890. The standard InChI is InChI=1S/C13H10F2N4S/c14-9-6-10(15)13(19-16)18-12(9)17-8-1-2-11-7(5-8)3-4-20-11/h1-6H,16H2,(H2,17,18,19). The summed E-state index contributed by atoms with van der Waals surface area (Å²) in [6.07, 6.45) is 0. The molecule has 1 aromatic carbocycles. The summed E-state index contributed by atoms with van der Waals surface area (Å²) in [4.78, 5) is 3.76. The highest BCUT2D eigenvalue weighted by molar-refractivity contribution is 7.17. The number of anilines is 3. The van der Waals surface area contributed by atoms with Crippen molar-refractivity contribution in [3.8, 4) is 0 Å². The van der Waals surface area contributed by atoms with Gasteiger partial charge in [0.15, 0.2) is 23.3 Å². The Labute approximate surface area is 117 Å². The molecule has 20 heavy (non-hydrogen) atoms. The summed E-state index contributed by atoms with van der Waals surface area (Å²) in [5.74, 6) is 3.19. The van der Waals surface area contributed by atoms with Crippen LogP contribution in [0.3, 0.4) is 0 Å². The van der Waals surface area contributed by atoms with E-state index in [4.69, 9.17) is 5.84 Å². The molecule has 2 heterocycles. The van der Waals surface area contributed by atoms with Crippen molar-refractivity contribution in [2.75, 3.05) is 10.7 Å². The Kier molecular flexibility index (Phi) is 3.21. The Morgan fingerprint density at radius 2 is 1.85 bits per heavy atom.